The van der Waals surface area contributed by atoms with Gasteiger partial charge in [0.05, 0.1) is 12.1 Å². The number of likely N-dealkylation sites (N-methyl/N-ethyl adjacent to an activating group) is 1. The molecule has 7 nitrogen and oxygen atoms in total. The molecule has 1 aromatic heterocycles. The fourth-order valence-electron chi connectivity index (χ4n) is 3.40. The van der Waals surface area contributed by atoms with Crippen molar-refractivity contribution in [2.45, 2.75) is 51.6 Å². The number of hydrazine groups is 1. The van der Waals surface area contributed by atoms with Crippen LogP contribution < -0.4 is 16.2 Å². The summed E-state index contributed by atoms with van der Waals surface area (Å²) in [6.07, 6.45) is 3.25. The SMILES string of the molecule is CC(C)C(=O)Nc1nc(CC(=O)N(C)CCCC2CC(c3ccccc3)NN2)cs1. The summed E-state index contributed by atoms with van der Waals surface area (Å²) in [6, 6.07) is 11.2. The van der Waals surface area contributed by atoms with Gasteiger partial charge < -0.3 is 10.2 Å². The highest BCUT2D eigenvalue weighted by Gasteiger charge is 2.24. The molecule has 2 aromatic rings. The van der Waals surface area contributed by atoms with Crippen molar-refractivity contribution in [1.82, 2.24) is 20.7 Å². The summed E-state index contributed by atoms with van der Waals surface area (Å²) in [7, 11) is 1.84. The van der Waals surface area contributed by atoms with Crippen molar-refractivity contribution in [1.29, 1.82) is 0 Å². The van der Waals surface area contributed by atoms with Gasteiger partial charge in [-0.3, -0.25) is 20.4 Å². The third-order valence-electron chi connectivity index (χ3n) is 5.29. The average molecular weight is 430 g/mol. The number of hydrogen-bond donors (Lipinski definition) is 3. The first-order chi connectivity index (χ1) is 14.4. The molecule has 3 rings (SSSR count). The quantitative estimate of drug-likeness (QED) is 0.570. The molecule has 1 aliphatic rings. The molecule has 0 spiro atoms. The zero-order valence-corrected chi connectivity index (χ0v) is 18.7. The number of aromatic nitrogens is 1. The molecule has 0 aliphatic carbocycles. The summed E-state index contributed by atoms with van der Waals surface area (Å²) >= 11 is 1.35. The molecule has 2 atom stereocenters. The molecule has 0 radical (unpaired) electrons. The van der Waals surface area contributed by atoms with Gasteiger partial charge in [-0.2, -0.15) is 0 Å². The Balaban J connectivity index is 1.37. The second-order valence-corrected chi connectivity index (χ2v) is 8.96. The predicted molar refractivity (Wildman–Crippen MR) is 120 cm³/mol. The lowest BCUT2D eigenvalue weighted by Crippen LogP contribution is -2.33. The number of amides is 2. The number of carbonyl (C=O) groups excluding carboxylic acids is 2. The second-order valence-electron chi connectivity index (χ2n) is 8.11. The Morgan fingerprint density at radius 3 is 2.77 bits per heavy atom. The molecule has 30 heavy (non-hydrogen) atoms. The fourth-order valence-corrected chi connectivity index (χ4v) is 4.11. The van der Waals surface area contributed by atoms with E-state index in [1.54, 1.807) is 4.90 Å². The van der Waals surface area contributed by atoms with Crippen LogP contribution >= 0.6 is 11.3 Å². The molecule has 1 aliphatic heterocycles. The van der Waals surface area contributed by atoms with Gasteiger partial charge in [-0.25, -0.2) is 4.98 Å². The first-order valence-corrected chi connectivity index (χ1v) is 11.4. The zero-order valence-electron chi connectivity index (χ0n) is 17.9. The number of anilines is 1. The van der Waals surface area contributed by atoms with Crippen LogP contribution in [0.4, 0.5) is 5.13 Å². The number of carbonyl (C=O) groups is 2. The van der Waals surface area contributed by atoms with Gasteiger partial charge >= 0.3 is 0 Å². The molecule has 1 saturated heterocycles. The minimum Gasteiger partial charge on any atom is -0.345 e. The van der Waals surface area contributed by atoms with E-state index < -0.39 is 0 Å². The van der Waals surface area contributed by atoms with Gasteiger partial charge in [0.1, 0.15) is 0 Å². The van der Waals surface area contributed by atoms with Crippen LogP contribution in [0.5, 0.6) is 0 Å². The molecule has 1 fully saturated rings. The van der Waals surface area contributed by atoms with Crippen LogP contribution in [0, 0.1) is 5.92 Å². The molecular weight excluding hydrogens is 398 g/mol. The molecular formula is C22H31N5O2S. The molecule has 3 N–H and O–H groups in total. The topological polar surface area (TPSA) is 86.4 Å². The Bertz CT molecular complexity index is 839. The van der Waals surface area contributed by atoms with Crippen LogP contribution in [-0.2, 0) is 16.0 Å². The number of rotatable bonds is 9. The van der Waals surface area contributed by atoms with E-state index in [0.29, 0.717) is 29.5 Å². The molecule has 162 valence electrons. The summed E-state index contributed by atoms with van der Waals surface area (Å²) in [5.74, 6) is -0.122. The molecule has 1 aromatic carbocycles. The van der Waals surface area contributed by atoms with Crippen molar-refractivity contribution >= 4 is 28.3 Å². The fraction of sp³-hybridized carbons (Fsp3) is 0.500. The van der Waals surface area contributed by atoms with E-state index in [2.05, 4.69) is 45.4 Å². The second kappa shape index (κ2) is 10.7. The van der Waals surface area contributed by atoms with Crippen molar-refractivity contribution in [3.05, 3.63) is 47.0 Å². The Labute approximate surface area is 182 Å². The molecule has 0 saturated carbocycles. The first kappa shape index (κ1) is 22.4. The van der Waals surface area contributed by atoms with Gasteiger partial charge in [-0.1, -0.05) is 44.2 Å². The highest BCUT2D eigenvalue weighted by atomic mass is 32.1. The van der Waals surface area contributed by atoms with Gasteiger partial charge in [-0.05, 0) is 24.8 Å². The summed E-state index contributed by atoms with van der Waals surface area (Å²) < 4.78 is 0. The number of thiazole rings is 1. The van der Waals surface area contributed by atoms with Crippen LogP contribution in [0.3, 0.4) is 0 Å². The number of benzene rings is 1. The lowest BCUT2D eigenvalue weighted by Gasteiger charge is -2.18. The van der Waals surface area contributed by atoms with Crippen molar-refractivity contribution in [3.8, 4) is 0 Å². The number of nitrogens with one attached hydrogen (secondary N) is 3. The van der Waals surface area contributed by atoms with E-state index in [1.807, 2.05) is 32.3 Å². The van der Waals surface area contributed by atoms with Crippen molar-refractivity contribution in [3.63, 3.8) is 0 Å². The Morgan fingerprint density at radius 2 is 2.03 bits per heavy atom. The Morgan fingerprint density at radius 1 is 1.27 bits per heavy atom. The largest absolute Gasteiger partial charge is 0.345 e. The summed E-state index contributed by atoms with van der Waals surface area (Å²) in [5.41, 5.74) is 8.74. The molecule has 2 heterocycles. The maximum absolute atomic E-state index is 12.5. The summed E-state index contributed by atoms with van der Waals surface area (Å²) in [4.78, 5) is 30.4. The molecule has 8 heteroatoms. The van der Waals surface area contributed by atoms with Crippen LogP contribution in [0.15, 0.2) is 35.7 Å². The predicted octanol–water partition coefficient (Wildman–Crippen LogP) is 3.13. The van der Waals surface area contributed by atoms with E-state index in [0.717, 1.165) is 19.3 Å². The maximum atomic E-state index is 12.5. The summed E-state index contributed by atoms with van der Waals surface area (Å²) in [6.45, 7) is 4.39. The van der Waals surface area contributed by atoms with Gasteiger partial charge in [0.15, 0.2) is 5.13 Å². The van der Waals surface area contributed by atoms with Crippen molar-refractivity contribution in [2.24, 2.45) is 5.92 Å². The van der Waals surface area contributed by atoms with Crippen LogP contribution in [-0.4, -0.2) is 41.3 Å². The van der Waals surface area contributed by atoms with Crippen molar-refractivity contribution in [2.75, 3.05) is 18.9 Å². The lowest BCUT2D eigenvalue weighted by atomic mass is 10.00. The standard InChI is InChI=1S/C22H31N5O2S/c1-15(2)21(29)24-22-23-18(14-30-22)13-20(28)27(3)11-7-10-17-12-19(26-25-17)16-8-5-4-6-9-16/h4-6,8-9,14-15,17,19,25-26H,7,10-13H2,1-3H3,(H,23,24,29). The lowest BCUT2D eigenvalue weighted by molar-refractivity contribution is -0.129. The molecule has 2 amide bonds. The normalized spacial score (nSPS) is 18.5. The van der Waals surface area contributed by atoms with Crippen LogP contribution in [0.2, 0.25) is 0 Å². The number of hydrogen-bond acceptors (Lipinski definition) is 6. The monoisotopic (exact) mass is 429 g/mol. The average Bonchev–Trinajstić information content (AvgIpc) is 3.38. The third-order valence-corrected chi connectivity index (χ3v) is 6.10. The van der Waals surface area contributed by atoms with Gasteiger partial charge in [-0.15, -0.1) is 11.3 Å². The van der Waals surface area contributed by atoms with E-state index in [4.69, 9.17) is 0 Å². The minimum absolute atomic E-state index is 0.0432. The number of nitrogens with zero attached hydrogens (tertiary/aromatic N) is 2. The van der Waals surface area contributed by atoms with E-state index >= 15 is 0 Å². The molecule has 0 bridgehead atoms. The van der Waals surface area contributed by atoms with Crippen molar-refractivity contribution < 1.29 is 9.59 Å². The van der Waals surface area contributed by atoms with Crippen LogP contribution in [0.25, 0.3) is 0 Å². The zero-order chi connectivity index (χ0) is 21.5. The summed E-state index contributed by atoms with van der Waals surface area (Å²) in [5, 5.41) is 5.16. The maximum Gasteiger partial charge on any atom is 0.228 e. The smallest absolute Gasteiger partial charge is 0.228 e. The molecule has 2 unspecified atom stereocenters. The van der Waals surface area contributed by atoms with Gasteiger partial charge in [0.25, 0.3) is 0 Å². The van der Waals surface area contributed by atoms with E-state index in [1.165, 1.54) is 16.9 Å². The van der Waals surface area contributed by atoms with E-state index in [-0.39, 0.29) is 24.2 Å². The highest BCUT2D eigenvalue weighted by molar-refractivity contribution is 7.13. The Hall–Kier alpha value is -2.29. The third kappa shape index (κ3) is 6.35. The highest BCUT2D eigenvalue weighted by Crippen LogP contribution is 2.24. The van der Waals surface area contributed by atoms with Crippen LogP contribution in [0.1, 0.15) is 50.4 Å². The van der Waals surface area contributed by atoms with Gasteiger partial charge in [0.2, 0.25) is 11.8 Å². The van der Waals surface area contributed by atoms with E-state index in [9.17, 15) is 9.59 Å². The minimum atomic E-state index is -0.0994. The first-order valence-electron chi connectivity index (χ1n) is 10.5. The Kier molecular flexibility index (Phi) is 7.95. The van der Waals surface area contributed by atoms with Gasteiger partial charge in [0, 0.05) is 37.0 Å².